The lowest BCUT2D eigenvalue weighted by Crippen LogP contribution is -2.39. The lowest BCUT2D eigenvalue weighted by molar-refractivity contribution is 0.0258. The minimum absolute atomic E-state index is 0.362. The molecule has 0 radical (unpaired) electrons. The van der Waals surface area contributed by atoms with Crippen LogP contribution in [0.5, 0.6) is 0 Å². The number of ether oxygens (including phenoxy) is 1. The molecule has 1 aliphatic heterocycles. The van der Waals surface area contributed by atoms with Gasteiger partial charge in [-0.25, -0.2) is 0 Å². The third-order valence-electron chi connectivity index (χ3n) is 3.89. The highest BCUT2D eigenvalue weighted by atomic mass is 16.5. The number of nitrogens with one attached hydrogen (secondary N) is 2. The summed E-state index contributed by atoms with van der Waals surface area (Å²) in [6.45, 7) is 8.28. The SMILES string of the molecule is CCC(C)c1ccc(NCCC2CNCCO2)cc1. The van der Waals surface area contributed by atoms with Crippen LogP contribution in [0, 0.1) is 0 Å². The van der Waals surface area contributed by atoms with E-state index >= 15 is 0 Å². The van der Waals surface area contributed by atoms with Gasteiger partial charge in [0.1, 0.15) is 0 Å². The Morgan fingerprint density at radius 1 is 1.37 bits per heavy atom. The van der Waals surface area contributed by atoms with E-state index in [9.17, 15) is 0 Å². The molecule has 0 saturated carbocycles. The molecule has 0 aromatic heterocycles. The van der Waals surface area contributed by atoms with Crippen molar-refractivity contribution in [3.63, 3.8) is 0 Å². The van der Waals surface area contributed by atoms with Crippen molar-refractivity contribution in [1.29, 1.82) is 0 Å². The number of hydrogen-bond donors (Lipinski definition) is 2. The lowest BCUT2D eigenvalue weighted by atomic mass is 9.99. The molecular weight excluding hydrogens is 236 g/mol. The maximum absolute atomic E-state index is 5.68. The number of hydrogen-bond acceptors (Lipinski definition) is 3. The molecule has 1 heterocycles. The van der Waals surface area contributed by atoms with Crippen LogP contribution < -0.4 is 10.6 Å². The van der Waals surface area contributed by atoms with Gasteiger partial charge in [0.2, 0.25) is 0 Å². The third-order valence-corrected chi connectivity index (χ3v) is 3.89. The fraction of sp³-hybridized carbons (Fsp3) is 0.625. The van der Waals surface area contributed by atoms with Crippen molar-refractivity contribution in [1.82, 2.24) is 5.32 Å². The molecule has 19 heavy (non-hydrogen) atoms. The van der Waals surface area contributed by atoms with Crippen molar-refractivity contribution >= 4 is 5.69 Å². The lowest BCUT2D eigenvalue weighted by Gasteiger charge is -2.23. The van der Waals surface area contributed by atoms with Crippen LogP contribution in [0.2, 0.25) is 0 Å². The van der Waals surface area contributed by atoms with Crippen LogP contribution >= 0.6 is 0 Å². The van der Waals surface area contributed by atoms with Crippen molar-refractivity contribution in [2.75, 3.05) is 31.6 Å². The van der Waals surface area contributed by atoms with E-state index in [0.29, 0.717) is 12.0 Å². The van der Waals surface area contributed by atoms with Gasteiger partial charge in [0.25, 0.3) is 0 Å². The molecule has 0 spiro atoms. The van der Waals surface area contributed by atoms with E-state index in [4.69, 9.17) is 4.74 Å². The molecule has 2 atom stereocenters. The molecule has 1 aromatic rings. The quantitative estimate of drug-likeness (QED) is 0.827. The van der Waals surface area contributed by atoms with Gasteiger partial charge in [-0.15, -0.1) is 0 Å². The first-order valence-corrected chi connectivity index (χ1v) is 7.45. The number of rotatable bonds is 6. The highest BCUT2D eigenvalue weighted by Crippen LogP contribution is 2.20. The van der Waals surface area contributed by atoms with E-state index in [1.54, 1.807) is 0 Å². The number of benzene rings is 1. The van der Waals surface area contributed by atoms with Crippen molar-refractivity contribution in [2.45, 2.75) is 38.7 Å². The molecule has 1 aliphatic rings. The molecule has 0 aliphatic carbocycles. The first-order chi connectivity index (χ1) is 9.29. The summed E-state index contributed by atoms with van der Waals surface area (Å²) in [5, 5.41) is 6.83. The fourth-order valence-electron chi connectivity index (χ4n) is 2.35. The van der Waals surface area contributed by atoms with Gasteiger partial charge >= 0.3 is 0 Å². The van der Waals surface area contributed by atoms with Crippen molar-refractivity contribution in [2.24, 2.45) is 0 Å². The zero-order valence-electron chi connectivity index (χ0n) is 12.1. The Morgan fingerprint density at radius 3 is 2.79 bits per heavy atom. The van der Waals surface area contributed by atoms with E-state index in [2.05, 4.69) is 48.7 Å². The predicted octanol–water partition coefficient (Wildman–Crippen LogP) is 2.99. The molecule has 3 heteroatoms. The second kappa shape index (κ2) is 7.51. The summed E-state index contributed by atoms with van der Waals surface area (Å²) in [6, 6.07) is 8.83. The number of anilines is 1. The van der Waals surface area contributed by atoms with E-state index in [-0.39, 0.29) is 0 Å². The standard InChI is InChI=1S/C16H26N2O/c1-3-13(2)14-4-6-15(7-5-14)18-9-8-16-12-17-10-11-19-16/h4-7,13,16-18H,3,8-12H2,1-2H3. The zero-order chi connectivity index (χ0) is 13.5. The van der Waals surface area contributed by atoms with E-state index in [0.717, 1.165) is 32.7 Å². The number of morpholine rings is 1. The minimum atomic E-state index is 0.362. The van der Waals surface area contributed by atoms with Gasteiger partial charge in [0.05, 0.1) is 12.7 Å². The minimum Gasteiger partial charge on any atom is -0.385 e. The molecule has 0 amide bonds. The van der Waals surface area contributed by atoms with Crippen LogP contribution in [0.25, 0.3) is 0 Å². The van der Waals surface area contributed by atoms with Crippen LogP contribution in [0.1, 0.15) is 38.2 Å². The van der Waals surface area contributed by atoms with Crippen LogP contribution in [-0.4, -0.2) is 32.3 Å². The Hall–Kier alpha value is -1.06. The zero-order valence-corrected chi connectivity index (χ0v) is 12.1. The Kier molecular flexibility index (Phi) is 5.67. The van der Waals surface area contributed by atoms with Crippen molar-refractivity contribution in [3.8, 4) is 0 Å². The average Bonchev–Trinajstić information content (AvgIpc) is 2.48. The largest absolute Gasteiger partial charge is 0.385 e. The molecule has 1 aromatic carbocycles. The molecule has 2 N–H and O–H groups in total. The highest BCUT2D eigenvalue weighted by Gasteiger charge is 2.12. The third kappa shape index (κ3) is 4.51. The molecule has 106 valence electrons. The van der Waals surface area contributed by atoms with Gasteiger partial charge in [-0.2, -0.15) is 0 Å². The van der Waals surface area contributed by atoms with Crippen LogP contribution in [0.3, 0.4) is 0 Å². The summed E-state index contributed by atoms with van der Waals surface area (Å²) in [4.78, 5) is 0. The summed E-state index contributed by atoms with van der Waals surface area (Å²) < 4.78 is 5.68. The van der Waals surface area contributed by atoms with Crippen molar-refractivity contribution < 1.29 is 4.74 Å². The Morgan fingerprint density at radius 2 is 2.16 bits per heavy atom. The summed E-state index contributed by atoms with van der Waals surface area (Å²) >= 11 is 0. The summed E-state index contributed by atoms with van der Waals surface area (Å²) in [5.41, 5.74) is 2.63. The van der Waals surface area contributed by atoms with Crippen LogP contribution in [0.4, 0.5) is 5.69 Å². The topological polar surface area (TPSA) is 33.3 Å². The first-order valence-electron chi connectivity index (χ1n) is 7.45. The Bertz CT molecular complexity index is 358. The molecule has 0 bridgehead atoms. The second-order valence-corrected chi connectivity index (χ2v) is 5.34. The van der Waals surface area contributed by atoms with Gasteiger partial charge in [0, 0.05) is 25.3 Å². The predicted molar refractivity (Wildman–Crippen MR) is 80.9 cm³/mol. The molecule has 1 saturated heterocycles. The van der Waals surface area contributed by atoms with Gasteiger partial charge in [-0.3, -0.25) is 0 Å². The summed E-state index contributed by atoms with van der Waals surface area (Å²) in [5.74, 6) is 0.649. The summed E-state index contributed by atoms with van der Waals surface area (Å²) in [7, 11) is 0. The molecule has 2 unspecified atom stereocenters. The van der Waals surface area contributed by atoms with Gasteiger partial charge < -0.3 is 15.4 Å². The van der Waals surface area contributed by atoms with Gasteiger partial charge in [-0.1, -0.05) is 26.0 Å². The fourth-order valence-corrected chi connectivity index (χ4v) is 2.35. The normalized spacial score (nSPS) is 21.1. The molecule has 2 rings (SSSR count). The maximum atomic E-state index is 5.68. The van der Waals surface area contributed by atoms with Gasteiger partial charge in [-0.05, 0) is 36.5 Å². The summed E-state index contributed by atoms with van der Waals surface area (Å²) in [6.07, 6.45) is 2.61. The van der Waals surface area contributed by atoms with E-state index in [1.165, 1.54) is 17.7 Å². The van der Waals surface area contributed by atoms with Crippen LogP contribution in [-0.2, 0) is 4.74 Å². The van der Waals surface area contributed by atoms with E-state index in [1.807, 2.05) is 0 Å². The van der Waals surface area contributed by atoms with Crippen LogP contribution in [0.15, 0.2) is 24.3 Å². The second-order valence-electron chi connectivity index (χ2n) is 5.34. The molecule has 1 fully saturated rings. The smallest absolute Gasteiger partial charge is 0.0716 e. The highest BCUT2D eigenvalue weighted by molar-refractivity contribution is 5.45. The maximum Gasteiger partial charge on any atom is 0.0716 e. The van der Waals surface area contributed by atoms with Gasteiger partial charge in [0.15, 0.2) is 0 Å². The van der Waals surface area contributed by atoms with Crippen molar-refractivity contribution in [3.05, 3.63) is 29.8 Å². The first kappa shape index (κ1) is 14.4. The molecule has 3 nitrogen and oxygen atoms in total. The van der Waals surface area contributed by atoms with E-state index < -0.39 is 0 Å². The Balaban J connectivity index is 1.73. The average molecular weight is 262 g/mol. The molecular formula is C16H26N2O. The Labute approximate surface area is 116 Å². The monoisotopic (exact) mass is 262 g/mol.